The highest BCUT2D eigenvalue weighted by Gasteiger charge is 2.14. The monoisotopic (exact) mass is 341 g/mol. The molecule has 5 heteroatoms. The van der Waals surface area contributed by atoms with Gasteiger partial charge in [0.2, 0.25) is 6.79 Å². The fraction of sp³-hybridized carbons (Fsp3) is 0.350. The number of aryl methyl sites for hydroxylation is 1. The Hall–Kier alpha value is -2.69. The summed E-state index contributed by atoms with van der Waals surface area (Å²) in [6, 6.07) is 11.7. The second-order valence-electron chi connectivity index (χ2n) is 6.45. The molecule has 0 saturated heterocycles. The second kappa shape index (κ2) is 7.47. The van der Waals surface area contributed by atoms with Crippen LogP contribution in [0.4, 0.5) is 0 Å². The van der Waals surface area contributed by atoms with Crippen molar-refractivity contribution in [2.75, 3.05) is 13.4 Å². The highest BCUT2D eigenvalue weighted by Crippen LogP contribution is 2.32. The van der Waals surface area contributed by atoms with Crippen molar-refractivity contribution in [3.63, 3.8) is 0 Å². The Morgan fingerprint density at radius 1 is 1.16 bits per heavy atom. The third-order valence-electron chi connectivity index (χ3n) is 4.08. The highest BCUT2D eigenvalue weighted by molar-refractivity contribution is 5.77. The van der Waals surface area contributed by atoms with Gasteiger partial charge in [-0.15, -0.1) is 0 Å². The van der Waals surface area contributed by atoms with Crippen molar-refractivity contribution in [1.29, 1.82) is 0 Å². The van der Waals surface area contributed by atoms with E-state index in [1.54, 1.807) is 0 Å². The molecule has 0 radical (unpaired) electrons. The number of benzene rings is 2. The molecule has 0 spiro atoms. The molecule has 1 heterocycles. The van der Waals surface area contributed by atoms with Crippen molar-refractivity contribution >= 4 is 5.91 Å². The number of fused-ring (bicyclic) bond motifs is 1. The van der Waals surface area contributed by atoms with E-state index in [0.717, 1.165) is 28.2 Å². The molecule has 0 aliphatic carbocycles. The lowest BCUT2D eigenvalue weighted by Crippen LogP contribution is -2.28. The van der Waals surface area contributed by atoms with Gasteiger partial charge in [0.15, 0.2) is 18.1 Å². The standard InChI is InChI=1S/C20H23NO4/c1-13(2)16-6-4-14(3)8-18(16)23-11-20(22)21-10-15-5-7-17-19(9-15)25-12-24-17/h4-9,13H,10-12H2,1-3H3,(H,21,22). The summed E-state index contributed by atoms with van der Waals surface area (Å²) < 4.78 is 16.4. The van der Waals surface area contributed by atoms with Gasteiger partial charge in [-0.05, 0) is 47.7 Å². The third kappa shape index (κ3) is 4.24. The summed E-state index contributed by atoms with van der Waals surface area (Å²) in [5.41, 5.74) is 3.17. The Morgan fingerprint density at radius 2 is 1.96 bits per heavy atom. The van der Waals surface area contributed by atoms with Crippen LogP contribution in [-0.2, 0) is 11.3 Å². The molecule has 0 saturated carbocycles. The summed E-state index contributed by atoms with van der Waals surface area (Å²) in [5, 5.41) is 2.86. The van der Waals surface area contributed by atoms with E-state index in [1.807, 2.05) is 31.2 Å². The molecular formula is C20H23NO4. The summed E-state index contributed by atoms with van der Waals surface area (Å²) >= 11 is 0. The average molecular weight is 341 g/mol. The lowest BCUT2D eigenvalue weighted by molar-refractivity contribution is -0.123. The molecule has 2 aromatic carbocycles. The number of carbonyl (C=O) groups excluding carboxylic acids is 1. The number of hydrogen-bond acceptors (Lipinski definition) is 4. The van der Waals surface area contributed by atoms with Crippen LogP contribution >= 0.6 is 0 Å². The SMILES string of the molecule is Cc1ccc(C(C)C)c(OCC(=O)NCc2ccc3c(c2)OCO3)c1. The predicted octanol–water partition coefficient (Wildman–Crippen LogP) is 3.54. The van der Waals surface area contributed by atoms with Gasteiger partial charge in [0, 0.05) is 6.54 Å². The van der Waals surface area contributed by atoms with Crippen LogP contribution in [0.1, 0.15) is 36.5 Å². The molecule has 1 amide bonds. The van der Waals surface area contributed by atoms with Crippen molar-refractivity contribution in [1.82, 2.24) is 5.32 Å². The van der Waals surface area contributed by atoms with Crippen molar-refractivity contribution in [2.24, 2.45) is 0 Å². The van der Waals surface area contributed by atoms with Crippen LogP contribution in [0.5, 0.6) is 17.2 Å². The van der Waals surface area contributed by atoms with Gasteiger partial charge in [0.1, 0.15) is 5.75 Å². The Morgan fingerprint density at radius 3 is 2.76 bits per heavy atom. The minimum absolute atomic E-state index is 0.00623. The lowest BCUT2D eigenvalue weighted by atomic mass is 10.0. The van der Waals surface area contributed by atoms with Crippen LogP contribution in [-0.4, -0.2) is 19.3 Å². The number of ether oxygens (including phenoxy) is 3. The first-order valence-corrected chi connectivity index (χ1v) is 8.41. The van der Waals surface area contributed by atoms with Crippen LogP contribution in [0.3, 0.4) is 0 Å². The van der Waals surface area contributed by atoms with Gasteiger partial charge in [-0.3, -0.25) is 4.79 Å². The molecular weight excluding hydrogens is 318 g/mol. The molecule has 1 aliphatic heterocycles. The van der Waals surface area contributed by atoms with Crippen molar-refractivity contribution in [2.45, 2.75) is 33.2 Å². The Labute approximate surface area is 147 Å². The fourth-order valence-corrected chi connectivity index (χ4v) is 2.69. The Bertz CT molecular complexity index is 770. The molecule has 132 valence electrons. The molecule has 0 fully saturated rings. The normalized spacial score (nSPS) is 12.3. The molecule has 25 heavy (non-hydrogen) atoms. The minimum Gasteiger partial charge on any atom is -0.483 e. The molecule has 1 aliphatic rings. The Kier molecular flexibility index (Phi) is 5.12. The molecule has 0 atom stereocenters. The zero-order valence-electron chi connectivity index (χ0n) is 14.8. The van der Waals surface area contributed by atoms with Crippen LogP contribution in [0, 0.1) is 6.92 Å². The van der Waals surface area contributed by atoms with E-state index in [1.165, 1.54) is 0 Å². The molecule has 0 unspecified atom stereocenters. The number of hydrogen-bond donors (Lipinski definition) is 1. The highest BCUT2D eigenvalue weighted by atomic mass is 16.7. The Balaban J connectivity index is 1.54. The van der Waals surface area contributed by atoms with Crippen molar-refractivity contribution < 1.29 is 19.0 Å². The number of carbonyl (C=O) groups is 1. The van der Waals surface area contributed by atoms with Gasteiger partial charge < -0.3 is 19.5 Å². The molecule has 3 rings (SSSR count). The van der Waals surface area contributed by atoms with Crippen LogP contribution < -0.4 is 19.5 Å². The lowest BCUT2D eigenvalue weighted by Gasteiger charge is -2.15. The summed E-state index contributed by atoms with van der Waals surface area (Å²) in [6.45, 7) is 6.89. The van der Waals surface area contributed by atoms with Gasteiger partial charge >= 0.3 is 0 Å². The van der Waals surface area contributed by atoms with Gasteiger partial charge in [-0.1, -0.05) is 32.0 Å². The fourth-order valence-electron chi connectivity index (χ4n) is 2.69. The second-order valence-corrected chi connectivity index (χ2v) is 6.45. The van der Waals surface area contributed by atoms with E-state index in [2.05, 4.69) is 31.3 Å². The van der Waals surface area contributed by atoms with E-state index < -0.39 is 0 Å². The summed E-state index contributed by atoms with van der Waals surface area (Å²) in [7, 11) is 0. The maximum atomic E-state index is 12.1. The van der Waals surface area contributed by atoms with E-state index in [-0.39, 0.29) is 19.3 Å². The first kappa shape index (κ1) is 17.1. The van der Waals surface area contributed by atoms with Crippen molar-refractivity contribution in [3.8, 4) is 17.2 Å². The molecule has 0 aromatic heterocycles. The van der Waals surface area contributed by atoms with E-state index in [9.17, 15) is 4.79 Å². The van der Waals surface area contributed by atoms with Gasteiger partial charge in [-0.2, -0.15) is 0 Å². The van der Waals surface area contributed by atoms with Crippen LogP contribution in [0.25, 0.3) is 0 Å². The smallest absolute Gasteiger partial charge is 0.258 e. The van der Waals surface area contributed by atoms with E-state index >= 15 is 0 Å². The summed E-state index contributed by atoms with van der Waals surface area (Å²) in [4.78, 5) is 12.1. The first-order chi connectivity index (χ1) is 12.0. The van der Waals surface area contributed by atoms with Gasteiger partial charge in [0.25, 0.3) is 5.91 Å². The van der Waals surface area contributed by atoms with Crippen LogP contribution in [0.15, 0.2) is 36.4 Å². The summed E-state index contributed by atoms with van der Waals surface area (Å²) in [6.07, 6.45) is 0. The van der Waals surface area contributed by atoms with Crippen molar-refractivity contribution in [3.05, 3.63) is 53.1 Å². The number of nitrogens with one attached hydrogen (secondary N) is 1. The van der Waals surface area contributed by atoms with Gasteiger partial charge in [0.05, 0.1) is 0 Å². The minimum atomic E-state index is -0.158. The topological polar surface area (TPSA) is 56.8 Å². The molecule has 0 bridgehead atoms. The largest absolute Gasteiger partial charge is 0.483 e. The zero-order valence-corrected chi connectivity index (χ0v) is 14.8. The zero-order chi connectivity index (χ0) is 17.8. The number of amides is 1. The maximum Gasteiger partial charge on any atom is 0.258 e. The predicted molar refractivity (Wildman–Crippen MR) is 95.2 cm³/mol. The maximum absolute atomic E-state index is 12.1. The quantitative estimate of drug-likeness (QED) is 0.873. The number of rotatable bonds is 6. The molecule has 2 aromatic rings. The first-order valence-electron chi connectivity index (χ1n) is 8.41. The molecule has 5 nitrogen and oxygen atoms in total. The van der Waals surface area contributed by atoms with Crippen LogP contribution in [0.2, 0.25) is 0 Å². The average Bonchev–Trinajstić information content (AvgIpc) is 3.05. The van der Waals surface area contributed by atoms with E-state index in [0.29, 0.717) is 18.2 Å². The summed E-state index contributed by atoms with van der Waals surface area (Å²) in [5.74, 6) is 2.40. The van der Waals surface area contributed by atoms with Gasteiger partial charge in [-0.25, -0.2) is 0 Å². The molecule has 1 N–H and O–H groups in total. The third-order valence-corrected chi connectivity index (χ3v) is 4.08. The van der Waals surface area contributed by atoms with E-state index in [4.69, 9.17) is 14.2 Å².